The molecule has 1 aliphatic heterocycles. The van der Waals surface area contributed by atoms with Gasteiger partial charge in [0.2, 0.25) is 5.91 Å². The van der Waals surface area contributed by atoms with Crippen LogP contribution in [0.25, 0.3) is 0 Å². The van der Waals surface area contributed by atoms with Crippen LogP contribution in [0.5, 0.6) is 0 Å². The number of nitriles is 1. The van der Waals surface area contributed by atoms with Crippen molar-refractivity contribution in [2.45, 2.75) is 57.9 Å². The molecule has 0 radical (unpaired) electrons. The van der Waals surface area contributed by atoms with E-state index in [0.717, 1.165) is 5.56 Å². The minimum atomic E-state index is -0.777. The van der Waals surface area contributed by atoms with Crippen molar-refractivity contribution < 1.29 is 19.4 Å². The smallest absolute Gasteiger partial charge is 0.411 e. The Labute approximate surface area is 153 Å². The number of nitrogens with one attached hydrogen (secondary N) is 1. The summed E-state index contributed by atoms with van der Waals surface area (Å²) >= 11 is 0. The molecule has 2 rings (SSSR count). The van der Waals surface area contributed by atoms with E-state index in [1.165, 1.54) is 4.90 Å². The number of hydrogen-bond donors (Lipinski definition) is 2. The number of aliphatic hydroxyl groups excluding tert-OH is 1. The summed E-state index contributed by atoms with van der Waals surface area (Å²) in [7, 11) is 0. The van der Waals surface area contributed by atoms with Gasteiger partial charge in [0.25, 0.3) is 0 Å². The maximum Gasteiger partial charge on any atom is 0.411 e. The van der Waals surface area contributed by atoms with Crippen molar-refractivity contribution in [2.75, 3.05) is 6.54 Å². The maximum absolute atomic E-state index is 12.7. The topological polar surface area (TPSA) is 103 Å². The summed E-state index contributed by atoms with van der Waals surface area (Å²) in [5.41, 5.74) is 0.712. The third-order valence-corrected chi connectivity index (χ3v) is 4.11. The van der Waals surface area contributed by atoms with Crippen LogP contribution in [0, 0.1) is 11.3 Å². The number of carbonyl (C=O) groups excluding carboxylic acids is 2. The molecule has 1 fully saturated rings. The zero-order valence-electron chi connectivity index (χ0n) is 15.5. The molecular weight excluding hydrogens is 334 g/mol. The SMILES string of the molecule is C[C@H](NC(=O)C1CC(O)CN1C(=O)OC(C)(C)C)c1ccc(C#N)cc1. The highest BCUT2D eigenvalue weighted by Gasteiger charge is 2.41. The third-order valence-electron chi connectivity index (χ3n) is 4.11. The van der Waals surface area contributed by atoms with Crippen LogP contribution in [-0.4, -0.2) is 46.3 Å². The number of benzene rings is 1. The van der Waals surface area contributed by atoms with Crippen LogP contribution in [0.15, 0.2) is 24.3 Å². The zero-order valence-corrected chi connectivity index (χ0v) is 15.5. The molecule has 7 nitrogen and oxygen atoms in total. The normalized spacial score (nSPS) is 21.0. The molecule has 0 aromatic heterocycles. The van der Waals surface area contributed by atoms with Gasteiger partial charge in [-0.25, -0.2) is 4.79 Å². The minimum Gasteiger partial charge on any atom is -0.444 e. The van der Waals surface area contributed by atoms with Crippen LogP contribution in [0.4, 0.5) is 4.79 Å². The van der Waals surface area contributed by atoms with Crippen molar-refractivity contribution >= 4 is 12.0 Å². The number of β-amino-alcohol motifs (C(OH)–C–C–N with tert-alkyl or cyclic N) is 1. The summed E-state index contributed by atoms with van der Waals surface area (Å²) in [5.74, 6) is -0.343. The van der Waals surface area contributed by atoms with E-state index in [0.29, 0.717) is 5.56 Å². The molecule has 0 spiro atoms. The summed E-state index contributed by atoms with van der Waals surface area (Å²) in [6.45, 7) is 7.14. The van der Waals surface area contributed by atoms with Gasteiger partial charge in [-0.3, -0.25) is 9.69 Å². The summed E-state index contributed by atoms with van der Waals surface area (Å²) in [6.07, 6.45) is -1.20. The molecule has 1 heterocycles. The lowest BCUT2D eigenvalue weighted by atomic mass is 10.1. The lowest BCUT2D eigenvalue weighted by Crippen LogP contribution is -2.48. The Morgan fingerprint density at radius 2 is 1.96 bits per heavy atom. The highest BCUT2D eigenvalue weighted by Crippen LogP contribution is 2.23. The first-order valence-corrected chi connectivity index (χ1v) is 8.59. The number of hydrogen-bond acceptors (Lipinski definition) is 5. The van der Waals surface area contributed by atoms with Crippen LogP contribution >= 0.6 is 0 Å². The summed E-state index contributed by atoms with van der Waals surface area (Å²) < 4.78 is 5.33. The predicted octanol–water partition coefficient (Wildman–Crippen LogP) is 2.11. The fourth-order valence-corrected chi connectivity index (χ4v) is 2.82. The maximum atomic E-state index is 12.7. The Balaban J connectivity index is 2.06. The summed E-state index contributed by atoms with van der Waals surface area (Å²) in [6, 6.07) is 7.89. The van der Waals surface area contributed by atoms with Gasteiger partial charge in [-0.05, 0) is 45.4 Å². The minimum absolute atomic E-state index is 0.0677. The van der Waals surface area contributed by atoms with Crippen molar-refractivity contribution in [3.05, 3.63) is 35.4 Å². The monoisotopic (exact) mass is 359 g/mol. The second-order valence-corrected chi connectivity index (χ2v) is 7.50. The molecule has 1 aromatic rings. The largest absolute Gasteiger partial charge is 0.444 e. The first-order chi connectivity index (χ1) is 12.1. The van der Waals surface area contributed by atoms with Gasteiger partial charge in [-0.15, -0.1) is 0 Å². The number of aliphatic hydroxyl groups is 1. The van der Waals surface area contributed by atoms with Crippen molar-refractivity contribution in [1.29, 1.82) is 5.26 Å². The second kappa shape index (κ2) is 7.75. The zero-order chi connectivity index (χ0) is 19.5. The third kappa shape index (κ3) is 4.96. The molecule has 140 valence electrons. The molecule has 2 unspecified atom stereocenters. The van der Waals surface area contributed by atoms with Crippen molar-refractivity contribution in [3.8, 4) is 6.07 Å². The predicted molar refractivity (Wildman–Crippen MR) is 95.1 cm³/mol. The van der Waals surface area contributed by atoms with E-state index >= 15 is 0 Å². The highest BCUT2D eigenvalue weighted by molar-refractivity contribution is 5.86. The van der Waals surface area contributed by atoms with Crippen molar-refractivity contribution in [3.63, 3.8) is 0 Å². The Morgan fingerprint density at radius 3 is 2.50 bits per heavy atom. The fraction of sp³-hybridized carbons (Fsp3) is 0.526. The Bertz CT molecular complexity index is 703. The molecule has 0 aliphatic carbocycles. The van der Waals surface area contributed by atoms with E-state index in [2.05, 4.69) is 5.32 Å². The van der Waals surface area contributed by atoms with Crippen LogP contribution in [0.3, 0.4) is 0 Å². The molecular formula is C19H25N3O4. The van der Waals surface area contributed by atoms with Gasteiger partial charge >= 0.3 is 6.09 Å². The summed E-state index contributed by atoms with van der Waals surface area (Å²) in [4.78, 5) is 26.3. The second-order valence-electron chi connectivity index (χ2n) is 7.50. The molecule has 26 heavy (non-hydrogen) atoms. The number of ether oxygens (including phenoxy) is 1. The van der Waals surface area contributed by atoms with Crippen LogP contribution in [0.1, 0.15) is 51.3 Å². The van der Waals surface area contributed by atoms with Crippen LogP contribution in [0.2, 0.25) is 0 Å². The Hall–Kier alpha value is -2.59. The molecule has 0 saturated carbocycles. The van der Waals surface area contributed by atoms with Gasteiger partial charge in [0.05, 0.1) is 30.3 Å². The average molecular weight is 359 g/mol. The van der Waals surface area contributed by atoms with Gasteiger partial charge < -0.3 is 15.2 Å². The number of carbonyl (C=O) groups is 2. The molecule has 1 aliphatic rings. The number of amides is 2. The van der Waals surface area contributed by atoms with E-state index in [9.17, 15) is 14.7 Å². The van der Waals surface area contributed by atoms with E-state index in [1.54, 1.807) is 45.0 Å². The fourth-order valence-electron chi connectivity index (χ4n) is 2.82. The van der Waals surface area contributed by atoms with E-state index in [-0.39, 0.29) is 24.9 Å². The van der Waals surface area contributed by atoms with E-state index in [1.807, 2.05) is 13.0 Å². The molecule has 1 aromatic carbocycles. The first kappa shape index (κ1) is 19.7. The Kier molecular flexibility index (Phi) is 5.88. The van der Waals surface area contributed by atoms with Gasteiger partial charge in [0.1, 0.15) is 11.6 Å². The highest BCUT2D eigenvalue weighted by atomic mass is 16.6. The quantitative estimate of drug-likeness (QED) is 0.860. The van der Waals surface area contributed by atoms with Gasteiger partial charge in [0.15, 0.2) is 0 Å². The summed E-state index contributed by atoms with van der Waals surface area (Å²) in [5, 5.41) is 21.6. The molecule has 1 saturated heterocycles. The molecule has 2 N–H and O–H groups in total. The van der Waals surface area contributed by atoms with Crippen molar-refractivity contribution in [1.82, 2.24) is 10.2 Å². The van der Waals surface area contributed by atoms with Crippen molar-refractivity contribution in [2.24, 2.45) is 0 Å². The average Bonchev–Trinajstić information content (AvgIpc) is 2.95. The van der Waals surface area contributed by atoms with Gasteiger partial charge in [-0.2, -0.15) is 5.26 Å². The standard InChI is InChI=1S/C19H25N3O4/c1-12(14-7-5-13(10-20)6-8-14)21-17(24)16-9-15(23)11-22(16)18(25)26-19(2,3)4/h5-8,12,15-16,23H,9,11H2,1-4H3,(H,21,24)/t12-,15?,16?/m0/s1. The van der Waals surface area contributed by atoms with Crippen LogP contribution in [-0.2, 0) is 9.53 Å². The first-order valence-electron chi connectivity index (χ1n) is 8.59. The number of likely N-dealkylation sites (tertiary alicyclic amines) is 1. The van der Waals surface area contributed by atoms with Crippen LogP contribution < -0.4 is 5.32 Å². The molecule has 0 bridgehead atoms. The molecule has 7 heteroatoms. The lowest BCUT2D eigenvalue weighted by molar-refractivity contribution is -0.126. The Morgan fingerprint density at radius 1 is 1.35 bits per heavy atom. The molecule has 2 amide bonds. The van der Waals surface area contributed by atoms with E-state index in [4.69, 9.17) is 10.00 Å². The lowest BCUT2D eigenvalue weighted by Gasteiger charge is -2.28. The molecule has 3 atom stereocenters. The van der Waals surface area contributed by atoms with Gasteiger partial charge in [0, 0.05) is 6.42 Å². The van der Waals surface area contributed by atoms with Gasteiger partial charge in [-0.1, -0.05) is 12.1 Å². The van der Waals surface area contributed by atoms with E-state index < -0.39 is 23.8 Å². The number of nitrogens with zero attached hydrogens (tertiary/aromatic N) is 2. The number of rotatable bonds is 3.